The van der Waals surface area contributed by atoms with Gasteiger partial charge in [0.1, 0.15) is 11.3 Å². The lowest BCUT2D eigenvalue weighted by atomic mass is 10.2. The fraction of sp³-hybridized carbons (Fsp3) is 0.200. The second kappa shape index (κ2) is 9.22. The van der Waals surface area contributed by atoms with Crippen LogP contribution in [0.4, 0.5) is 5.69 Å². The number of nitro groups is 1. The Hall–Kier alpha value is -4.40. The van der Waals surface area contributed by atoms with Gasteiger partial charge in [-0.25, -0.2) is 5.43 Å². The number of furan rings is 1. The number of hydrazone groups is 1. The number of nitro benzene ring substituents is 1. The molecule has 34 heavy (non-hydrogen) atoms. The van der Waals surface area contributed by atoms with Crippen molar-refractivity contribution in [1.29, 1.82) is 0 Å². The maximum Gasteiger partial charge on any atom is 0.307 e. The SMILES string of the molecule is CCOc1ccc2oc(C(=O)N/N=C/c3cc(C)n(-c4ccc(C)c([N+](=O)[O-])c4)c3C)cc2c1. The second-order valence-corrected chi connectivity index (χ2v) is 7.83. The minimum absolute atomic E-state index is 0.0618. The van der Waals surface area contributed by atoms with Crippen LogP contribution in [-0.2, 0) is 0 Å². The average molecular weight is 460 g/mol. The largest absolute Gasteiger partial charge is 0.494 e. The number of hydrogen-bond acceptors (Lipinski definition) is 6. The summed E-state index contributed by atoms with van der Waals surface area (Å²) in [7, 11) is 0. The summed E-state index contributed by atoms with van der Waals surface area (Å²) in [5, 5.41) is 16.2. The van der Waals surface area contributed by atoms with Gasteiger partial charge in [0.15, 0.2) is 5.76 Å². The van der Waals surface area contributed by atoms with Crippen LogP contribution in [0.2, 0.25) is 0 Å². The summed E-state index contributed by atoms with van der Waals surface area (Å²) in [6, 6.07) is 14.0. The molecule has 2 heterocycles. The Morgan fingerprint density at radius 3 is 2.71 bits per heavy atom. The van der Waals surface area contributed by atoms with Crippen molar-refractivity contribution in [2.45, 2.75) is 27.7 Å². The van der Waals surface area contributed by atoms with Crippen LogP contribution in [0.3, 0.4) is 0 Å². The molecule has 0 aliphatic carbocycles. The zero-order chi connectivity index (χ0) is 24.4. The summed E-state index contributed by atoms with van der Waals surface area (Å²) in [5.41, 5.74) is 6.89. The molecule has 0 atom stereocenters. The van der Waals surface area contributed by atoms with E-state index in [1.165, 1.54) is 6.21 Å². The van der Waals surface area contributed by atoms with E-state index in [-0.39, 0.29) is 16.4 Å². The Labute approximate surface area is 195 Å². The summed E-state index contributed by atoms with van der Waals surface area (Å²) in [6.45, 7) is 7.94. The van der Waals surface area contributed by atoms with Crippen LogP contribution in [0.1, 0.15) is 40.0 Å². The average Bonchev–Trinajstić information content (AvgIpc) is 3.34. The lowest BCUT2D eigenvalue weighted by molar-refractivity contribution is -0.385. The molecule has 0 aliphatic heterocycles. The minimum Gasteiger partial charge on any atom is -0.494 e. The van der Waals surface area contributed by atoms with Gasteiger partial charge >= 0.3 is 5.91 Å². The molecule has 1 N–H and O–H groups in total. The van der Waals surface area contributed by atoms with E-state index in [1.54, 1.807) is 37.3 Å². The van der Waals surface area contributed by atoms with E-state index in [2.05, 4.69) is 10.5 Å². The number of rotatable bonds is 7. The number of nitrogens with one attached hydrogen (secondary N) is 1. The van der Waals surface area contributed by atoms with E-state index in [4.69, 9.17) is 9.15 Å². The number of amides is 1. The minimum atomic E-state index is -0.478. The molecule has 0 fully saturated rings. The molecule has 9 nitrogen and oxygen atoms in total. The highest BCUT2D eigenvalue weighted by Gasteiger charge is 2.16. The zero-order valence-electron chi connectivity index (χ0n) is 19.3. The molecule has 0 bridgehead atoms. The van der Waals surface area contributed by atoms with Gasteiger partial charge in [0.2, 0.25) is 0 Å². The first-order chi connectivity index (χ1) is 16.3. The molecule has 174 valence electrons. The van der Waals surface area contributed by atoms with E-state index in [0.29, 0.717) is 29.2 Å². The van der Waals surface area contributed by atoms with E-state index < -0.39 is 5.91 Å². The Bertz CT molecular complexity index is 1430. The Kier molecular flexibility index (Phi) is 6.18. The maximum atomic E-state index is 12.5. The van der Waals surface area contributed by atoms with Gasteiger partial charge in [-0.3, -0.25) is 14.9 Å². The molecule has 0 aliphatic rings. The molecular formula is C25H24N4O5. The standard InChI is InChI=1S/C25H24N4O5/c1-5-33-21-8-9-23-18(11-21)12-24(34-23)25(30)27-26-14-19-10-16(3)28(17(19)4)20-7-6-15(2)22(13-20)29(31)32/h6-14H,5H2,1-4H3,(H,27,30)/b26-14+. The molecule has 0 saturated carbocycles. The number of carbonyl (C=O) groups excluding carboxylic acids is 1. The van der Waals surface area contributed by atoms with E-state index in [0.717, 1.165) is 22.3 Å². The predicted octanol–water partition coefficient (Wildman–Crippen LogP) is 5.22. The van der Waals surface area contributed by atoms with Crippen molar-refractivity contribution in [2.75, 3.05) is 6.61 Å². The van der Waals surface area contributed by atoms with Gasteiger partial charge in [-0.05, 0) is 64.1 Å². The van der Waals surface area contributed by atoms with Crippen molar-refractivity contribution >= 4 is 28.8 Å². The van der Waals surface area contributed by atoms with Crippen LogP contribution in [0, 0.1) is 30.9 Å². The third kappa shape index (κ3) is 4.40. The zero-order valence-corrected chi connectivity index (χ0v) is 19.3. The predicted molar refractivity (Wildman–Crippen MR) is 129 cm³/mol. The van der Waals surface area contributed by atoms with Gasteiger partial charge in [-0.15, -0.1) is 0 Å². The normalized spacial score (nSPS) is 11.3. The molecule has 4 rings (SSSR count). The first-order valence-electron chi connectivity index (χ1n) is 10.7. The van der Waals surface area contributed by atoms with E-state index in [9.17, 15) is 14.9 Å². The molecule has 9 heteroatoms. The number of hydrogen-bond donors (Lipinski definition) is 1. The summed E-state index contributed by atoms with van der Waals surface area (Å²) < 4.78 is 13.0. The van der Waals surface area contributed by atoms with Crippen LogP contribution in [0.15, 0.2) is 58.0 Å². The van der Waals surface area contributed by atoms with Crippen molar-refractivity contribution in [3.05, 3.63) is 86.9 Å². The van der Waals surface area contributed by atoms with E-state index in [1.807, 2.05) is 43.5 Å². The highest BCUT2D eigenvalue weighted by Crippen LogP contribution is 2.26. The number of fused-ring (bicyclic) bond motifs is 1. The fourth-order valence-corrected chi connectivity index (χ4v) is 3.85. The smallest absolute Gasteiger partial charge is 0.307 e. The van der Waals surface area contributed by atoms with Crippen molar-refractivity contribution in [2.24, 2.45) is 5.10 Å². The van der Waals surface area contributed by atoms with Crippen LogP contribution >= 0.6 is 0 Å². The molecule has 1 amide bonds. The second-order valence-electron chi connectivity index (χ2n) is 7.83. The molecule has 4 aromatic rings. The van der Waals surface area contributed by atoms with Crippen molar-refractivity contribution in [1.82, 2.24) is 9.99 Å². The highest BCUT2D eigenvalue weighted by atomic mass is 16.6. The molecular weight excluding hydrogens is 436 g/mol. The van der Waals surface area contributed by atoms with Crippen molar-refractivity contribution < 1.29 is 18.9 Å². The number of carbonyl (C=O) groups is 1. The number of nitrogens with zero attached hydrogens (tertiary/aromatic N) is 3. The molecule has 0 radical (unpaired) electrons. The molecule has 0 unspecified atom stereocenters. The monoisotopic (exact) mass is 460 g/mol. The van der Waals surface area contributed by atoms with Gasteiger partial charge < -0.3 is 13.7 Å². The topological polar surface area (TPSA) is 112 Å². The van der Waals surface area contributed by atoms with Gasteiger partial charge in [-0.2, -0.15) is 5.10 Å². The maximum absolute atomic E-state index is 12.5. The fourth-order valence-electron chi connectivity index (χ4n) is 3.85. The Morgan fingerprint density at radius 2 is 1.97 bits per heavy atom. The number of ether oxygens (including phenoxy) is 1. The number of benzene rings is 2. The van der Waals surface area contributed by atoms with Crippen LogP contribution in [0.5, 0.6) is 5.75 Å². The van der Waals surface area contributed by atoms with Gasteiger partial charge in [0.25, 0.3) is 5.69 Å². The van der Waals surface area contributed by atoms with Crippen molar-refractivity contribution in [3.63, 3.8) is 0 Å². The van der Waals surface area contributed by atoms with Gasteiger partial charge in [0.05, 0.1) is 23.4 Å². The molecule has 2 aromatic carbocycles. The van der Waals surface area contributed by atoms with E-state index >= 15 is 0 Å². The summed E-state index contributed by atoms with van der Waals surface area (Å²) >= 11 is 0. The van der Waals surface area contributed by atoms with Gasteiger partial charge in [0, 0.05) is 34.0 Å². The summed E-state index contributed by atoms with van der Waals surface area (Å²) in [5.74, 6) is 0.363. The first kappa shape index (κ1) is 22.8. The lowest BCUT2D eigenvalue weighted by Gasteiger charge is -2.10. The van der Waals surface area contributed by atoms with Crippen LogP contribution < -0.4 is 10.2 Å². The molecule has 0 spiro atoms. The lowest BCUT2D eigenvalue weighted by Crippen LogP contribution is -2.16. The third-order valence-corrected chi connectivity index (χ3v) is 5.51. The first-order valence-corrected chi connectivity index (χ1v) is 10.7. The third-order valence-electron chi connectivity index (χ3n) is 5.51. The molecule has 2 aromatic heterocycles. The summed E-state index contributed by atoms with van der Waals surface area (Å²) in [4.78, 5) is 23.4. The summed E-state index contributed by atoms with van der Waals surface area (Å²) in [6.07, 6.45) is 1.54. The number of aromatic nitrogens is 1. The Morgan fingerprint density at radius 1 is 1.18 bits per heavy atom. The Balaban J connectivity index is 1.53. The van der Waals surface area contributed by atoms with Gasteiger partial charge in [-0.1, -0.05) is 6.07 Å². The van der Waals surface area contributed by atoms with Crippen molar-refractivity contribution in [3.8, 4) is 11.4 Å². The quantitative estimate of drug-likeness (QED) is 0.231. The van der Waals surface area contributed by atoms with Crippen LogP contribution in [-0.4, -0.2) is 28.2 Å². The highest BCUT2D eigenvalue weighted by molar-refractivity contribution is 5.97. The number of aryl methyl sites for hydroxylation is 2. The molecule has 0 saturated heterocycles. The van der Waals surface area contributed by atoms with Crippen LogP contribution in [0.25, 0.3) is 16.7 Å².